The molecule has 0 aliphatic rings. The van der Waals surface area contributed by atoms with Crippen molar-refractivity contribution in [1.29, 1.82) is 0 Å². The van der Waals surface area contributed by atoms with E-state index in [0.29, 0.717) is 17.6 Å². The molecule has 13 heavy (non-hydrogen) atoms. The molecule has 68 valence electrons. The van der Waals surface area contributed by atoms with Gasteiger partial charge in [-0.15, -0.1) is 6.26 Å². The van der Waals surface area contributed by atoms with E-state index in [1.165, 1.54) is 0 Å². The molecule has 0 aromatic heterocycles. The third-order valence-corrected chi connectivity index (χ3v) is 1.59. The van der Waals surface area contributed by atoms with E-state index in [1.54, 1.807) is 31.4 Å². The number of methoxy groups -OCH3 is 1. The number of benzene rings is 1. The first-order chi connectivity index (χ1) is 6.27. The monoisotopic (exact) mass is 177 g/mol. The van der Waals surface area contributed by atoms with Gasteiger partial charge in [-0.25, -0.2) is 0 Å². The Balaban J connectivity index is 2.85. The van der Waals surface area contributed by atoms with Gasteiger partial charge >= 0.3 is 0 Å². The predicted molar refractivity (Wildman–Crippen MR) is 46.5 cm³/mol. The minimum atomic E-state index is -0.294. The molecule has 0 spiro atoms. The first-order valence-corrected chi connectivity index (χ1v) is 3.75. The number of carbonyl (C=O) groups excluding carboxylic acids is 1. The van der Waals surface area contributed by atoms with Crippen molar-refractivity contribution in [3.63, 3.8) is 0 Å². The lowest BCUT2D eigenvalue weighted by Crippen LogP contribution is -1.97. The third-order valence-electron chi connectivity index (χ3n) is 1.59. The van der Waals surface area contributed by atoms with E-state index >= 15 is 0 Å². The van der Waals surface area contributed by atoms with Gasteiger partial charge in [0.15, 0.2) is 5.78 Å². The van der Waals surface area contributed by atoms with Crippen molar-refractivity contribution in [2.45, 2.75) is 0 Å². The normalized spacial score (nSPS) is 10.2. The summed E-state index contributed by atoms with van der Waals surface area (Å²) >= 11 is 0. The molecule has 3 heteroatoms. The summed E-state index contributed by atoms with van der Waals surface area (Å²) in [6.07, 6.45) is 1.47. The van der Waals surface area contributed by atoms with Crippen molar-refractivity contribution in [3.8, 4) is 5.75 Å². The summed E-state index contributed by atoms with van der Waals surface area (Å²) < 4.78 is 4.92. The second-order valence-electron chi connectivity index (χ2n) is 2.40. The van der Waals surface area contributed by atoms with Crippen LogP contribution >= 0.6 is 0 Å². The van der Waals surface area contributed by atoms with Gasteiger partial charge in [0.25, 0.3) is 0 Å². The van der Waals surface area contributed by atoms with Crippen molar-refractivity contribution in [2.24, 2.45) is 0 Å². The smallest absolute Gasteiger partial charge is 0.184 e. The van der Waals surface area contributed by atoms with Crippen LogP contribution in [0.15, 0.2) is 36.6 Å². The lowest BCUT2D eigenvalue weighted by Gasteiger charge is -2.00. The summed E-state index contributed by atoms with van der Waals surface area (Å²) in [5.41, 5.74) is 0.480. The highest BCUT2D eigenvalue weighted by Crippen LogP contribution is 2.11. The summed E-state index contributed by atoms with van der Waals surface area (Å²) in [6.45, 7) is 0. The predicted octanol–water partition coefficient (Wildman–Crippen LogP) is 0.752. The molecule has 0 N–H and O–H groups in total. The van der Waals surface area contributed by atoms with Gasteiger partial charge in [0.1, 0.15) is 5.75 Å². The Morgan fingerprint density at radius 1 is 1.38 bits per heavy atom. The number of ketones is 1. The lowest BCUT2D eigenvalue weighted by molar-refractivity contribution is -0.274. The molecule has 0 aliphatic heterocycles. The highest BCUT2D eigenvalue weighted by atomic mass is 16.5. The van der Waals surface area contributed by atoms with Gasteiger partial charge in [0.05, 0.1) is 7.11 Å². The van der Waals surface area contributed by atoms with E-state index < -0.39 is 0 Å². The Morgan fingerprint density at radius 2 is 2.00 bits per heavy atom. The van der Waals surface area contributed by atoms with Gasteiger partial charge in [-0.1, -0.05) is 0 Å². The van der Waals surface area contributed by atoms with E-state index in [1.807, 2.05) is 0 Å². The molecule has 0 aliphatic carbocycles. The number of hydrogen-bond donors (Lipinski definition) is 0. The molecule has 0 saturated carbocycles. The van der Waals surface area contributed by atoms with Crippen LogP contribution in [0.1, 0.15) is 10.4 Å². The zero-order valence-corrected chi connectivity index (χ0v) is 7.19. The minimum absolute atomic E-state index is 0.294. The number of allylic oxidation sites excluding steroid dienone is 1. The highest BCUT2D eigenvalue weighted by Gasteiger charge is 1.99. The summed E-state index contributed by atoms with van der Waals surface area (Å²) in [5.74, 6) is 0.389. The van der Waals surface area contributed by atoms with E-state index in [9.17, 15) is 9.90 Å². The lowest BCUT2D eigenvalue weighted by atomic mass is 10.1. The molecule has 1 aromatic rings. The Kier molecular flexibility index (Phi) is 3.09. The molecule has 0 radical (unpaired) electrons. The average molecular weight is 177 g/mol. The standard InChI is InChI=1S/C10H10O3/c1-13-9-4-2-8(3-5-9)10(12)6-7-11/h2-7,11H,1H3/p-1/b7-6+. The van der Waals surface area contributed by atoms with Crippen molar-refractivity contribution in [2.75, 3.05) is 7.11 Å². The largest absolute Gasteiger partial charge is 0.878 e. The number of ether oxygens (including phenoxy) is 1. The molecule has 0 fully saturated rings. The molecule has 1 aromatic carbocycles. The Morgan fingerprint density at radius 3 is 2.46 bits per heavy atom. The highest BCUT2D eigenvalue weighted by molar-refractivity contribution is 6.04. The molecule has 0 bridgehead atoms. The number of carbonyl (C=O) groups is 1. The fraction of sp³-hybridized carbons (Fsp3) is 0.100. The maximum Gasteiger partial charge on any atom is 0.184 e. The Bertz CT molecular complexity index is 311. The quantitative estimate of drug-likeness (QED) is 0.389. The van der Waals surface area contributed by atoms with Gasteiger partial charge in [-0.2, -0.15) is 0 Å². The van der Waals surface area contributed by atoms with Crippen LogP contribution < -0.4 is 9.84 Å². The zero-order valence-electron chi connectivity index (χ0n) is 7.19. The minimum Gasteiger partial charge on any atom is -0.878 e. The Hall–Kier alpha value is -1.77. The van der Waals surface area contributed by atoms with E-state index in [0.717, 1.165) is 6.08 Å². The molecule has 0 saturated heterocycles. The van der Waals surface area contributed by atoms with Gasteiger partial charge in [0.2, 0.25) is 0 Å². The fourth-order valence-corrected chi connectivity index (χ4v) is 0.913. The molecular formula is C10H9O3-. The van der Waals surface area contributed by atoms with Crippen LogP contribution in [0.25, 0.3) is 0 Å². The van der Waals surface area contributed by atoms with E-state index in [4.69, 9.17) is 4.74 Å². The van der Waals surface area contributed by atoms with Crippen molar-refractivity contribution < 1.29 is 14.6 Å². The molecule has 0 unspecified atom stereocenters. The van der Waals surface area contributed by atoms with Gasteiger partial charge in [-0.3, -0.25) is 4.79 Å². The SMILES string of the molecule is COc1ccc(C(=O)/C=C/[O-])cc1. The Labute approximate surface area is 76.3 Å². The van der Waals surface area contributed by atoms with Crippen LogP contribution in [-0.2, 0) is 0 Å². The van der Waals surface area contributed by atoms with Crippen LogP contribution in [0.3, 0.4) is 0 Å². The molecular weight excluding hydrogens is 168 g/mol. The van der Waals surface area contributed by atoms with Crippen LogP contribution in [0.2, 0.25) is 0 Å². The van der Waals surface area contributed by atoms with Crippen molar-refractivity contribution in [3.05, 3.63) is 42.2 Å². The maximum atomic E-state index is 11.1. The summed E-state index contributed by atoms with van der Waals surface area (Å²) in [4.78, 5) is 11.1. The average Bonchev–Trinajstić information content (AvgIpc) is 2.18. The number of hydrogen-bond acceptors (Lipinski definition) is 3. The molecule has 0 heterocycles. The molecule has 1 rings (SSSR count). The van der Waals surface area contributed by atoms with E-state index in [2.05, 4.69) is 0 Å². The fourth-order valence-electron chi connectivity index (χ4n) is 0.913. The topological polar surface area (TPSA) is 49.4 Å². The van der Waals surface area contributed by atoms with Crippen LogP contribution in [0.4, 0.5) is 0 Å². The summed E-state index contributed by atoms with van der Waals surface area (Å²) in [5, 5.41) is 10.0. The van der Waals surface area contributed by atoms with Crippen LogP contribution in [0.5, 0.6) is 5.75 Å². The summed E-state index contributed by atoms with van der Waals surface area (Å²) in [6, 6.07) is 6.57. The van der Waals surface area contributed by atoms with Crippen LogP contribution in [-0.4, -0.2) is 12.9 Å². The van der Waals surface area contributed by atoms with Crippen molar-refractivity contribution in [1.82, 2.24) is 0 Å². The second-order valence-corrected chi connectivity index (χ2v) is 2.40. The van der Waals surface area contributed by atoms with Gasteiger partial charge in [0, 0.05) is 5.56 Å². The van der Waals surface area contributed by atoms with Crippen molar-refractivity contribution >= 4 is 5.78 Å². The van der Waals surface area contributed by atoms with E-state index in [-0.39, 0.29) is 5.78 Å². The summed E-state index contributed by atoms with van der Waals surface area (Å²) in [7, 11) is 1.55. The first-order valence-electron chi connectivity index (χ1n) is 3.75. The maximum absolute atomic E-state index is 11.1. The first kappa shape index (κ1) is 9.32. The van der Waals surface area contributed by atoms with Crippen LogP contribution in [0, 0.1) is 0 Å². The zero-order chi connectivity index (χ0) is 9.68. The second kappa shape index (κ2) is 4.30. The molecule has 0 amide bonds. The molecule has 0 atom stereocenters. The third kappa shape index (κ3) is 2.33. The molecule has 3 nitrogen and oxygen atoms in total. The number of rotatable bonds is 3. The van der Waals surface area contributed by atoms with Gasteiger partial charge in [-0.05, 0) is 30.3 Å². The van der Waals surface area contributed by atoms with Gasteiger partial charge < -0.3 is 9.84 Å².